The van der Waals surface area contributed by atoms with Gasteiger partial charge in [-0.05, 0) is 32.1 Å². The van der Waals surface area contributed by atoms with E-state index in [4.69, 9.17) is 4.74 Å². The average Bonchev–Trinajstić information content (AvgIpc) is 3.39. The van der Waals surface area contributed by atoms with Gasteiger partial charge in [-0.25, -0.2) is 0 Å². The van der Waals surface area contributed by atoms with E-state index < -0.39 is 28.7 Å². The van der Waals surface area contributed by atoms with Gasteiger partial charge >= 0.3 is 0 Å². The highest BCUT2D eigenvalue weighted by Gasteiger charge is 2.77. The van der Waals surface area contributed by atoms with E-state index >= 15 is 0 Å². The number of aliphatic hydroxyl groups excluding tert-OH is 1. The van der Waals surface area contributed by atoms with Crippen LogP contribution in [0.15, 0.2) is 0 Å². The second kappa shape index (κ2) is 10.6. The summed E-state index contributed by atoms with van der Waals surface area (Å²) in [6, 6.07) is -1.16. The molecule has 4 aliphatic rings. The first-order valence-corrected chi connectivity index (χ1v) is 14.0. The first-order chi connectivity index (χ1) is 16.7. The Balaban J connectivity index is 1.61. The maximum atomic E-state index is 14.1. The summed E-state index contributed by atoms with van der Waals surface area (Å²) in [5.74, 6) is -1.45. The van der Waals surface area contributed by atoms with Crippen molar-refractivity contribution in [3.63, 3.8) is 0 Å². The van der Waals surface area contributed by atoms with Gasteiger partial charge in [-0.1, -0.05) is 20.8 Å². The van der Waals surface area contributed by atoms with E-state index in [1.165, 1.54) is 0 Å². The first kappa shape index (κ1) is 26.7. The number of carbonyl (C=O) groups is 3. The molecular formula is C25H42N4O5S. The molecule has 0 saturated carbocycles. The molecule has 0 aromatic carbocycles. The Hall–Kier alpha value is -1.36. The minimum atomic E-state index is -0.694. The molecule has 4 saturated heterocycles. The zero-order valence-corrected chi connectivity index (χ0v) is 22.4. The average molecular weight is 511 g/mol. The highest BCUT2D eigenvalue weighted by molar-refractivity contribution is 8.02. The van der Waals surface area contributed by atoms with Gasteiger partial charge in [0.15, 0.2) is 0 Å². The molecule has 9 nitrogen and oxygen atoms in total. The summed E-state index contributed by atoms with van der Waals surface area (Å²) in [7, 11) is 0. The van der Waals surface area contributed by atoms with Gasteiger partial charge in [0.25, 0.3) is 0 Å². The summed E-state index contributed by atoms with van der Waals surface area (Å²) >= 11 is 1.67. The Morgan fingerprint density at radius 1 is 1.17 bits per heavy atom. The molecule has 4 rings (SSSR count). The van der Waals surface area contributed by atoms with E-state index in [0.717, 1.165) is 38.9 Å². The van der Waals surface area contributed by atoms with Crippen molar-refractivity contribution >= 4 is 29.5 Å². The molecule has 2 unspecified atom stereocenters. The number of likely N-dealkylation sites (tertiary alicyclic amines) is 1. The molecule has 35 heavy (non-hydrogen) atoms. The molecule has 0 aromatic rings. The predicted octanol–water partition coefficient (Wildman–Crippen LogP) is 0.459. The third kappa shape index (κ3) is 4.60. The lowest BCUT2D eigenvalue weighted by atomic mass is 9.66. The van der Waals surface area contributed by atoms with Crippen LogP contribution < -0.4 is 10.6 Å². The molecule has 4 heterocycles. The van der Waals surface area contributed by atoms with Crippen LogP contribution in [0.2, 0.25) is 0 Å². The van der Waals surface area contributed by atoms with E-state index in [0.29, 0.717) is 26.3 Å². The Morgan fingerprint density at radius 3 is 2.49 bits per heavy atom. The van der Waals surface area contributed by atoms with Gasteiger partial charge in [-0.15, -0.1) is 11.8 Å². The van der Waals surface area contributed by atoms with Crippen LogP contribution >= 0.6 is 11.8 Å². The van der Waals surface area contributed by atoms with Crippen LogP contribution in [0.3, 0.4) is 0 Å². The maximum Gasteiger partial charge on any atom is 0.244 e. The monoisotopic (exact) mass is 510 g/mol. The number of nitrogens with one attached hydrogen (secondary N) is 2. The highest BCUT2D eigenvalue weighted by atomic mass is 32.2. The Bertz CT molecular complexity index is 822. The number of fused-ring (bicyclic) bond motifs is 1. The van der Waals surface area contributed by atoms with Crippen molar-refractivity contribution in [2.75, 3.05) is 52.5 Å². The van der Waals surface area contributed by atoms with E-state index in [1.807, 2.05) is 20.8 Å². The third-order valence-electron chi connectivity index (χ3n) is 8.44. The molecule has 198 valence electrons. The van der Waals surface area contributed by atoms with Gasteiger partial charge in [0.05, 0.1) is 42.4 Å². The molecular weight excluding hydrogens is 468 g/mol. The summed E-state index contributed by atoms with van der Waals surface area (Å²) in [6.07, 6.45) is 2.34. The van der Waals surface area contributed by atoms with Crippen molar-refractivity contribution in [2.24, 2.45) is 17.8 Å². The normalized spacial score (nSPS) is 35.4. The number of carbonyl (C=O) groups excluding carboxylic acids is 3. The standard InChI is InChI=1S/C25H42N4O5S/c1-5-8-26-21(31)18-19-23(33)29(17(15-30)16(2)3)20(25(19)7-6-24(18,4)35-25)22(32)27-9-10-28-11-13-34-14-12-28/h16-20,30H,5-15H2,1-4H3,(H,26,31)(H,27,32)/t17-,18-,19-,20?,24+,25?/m0/s1. The van der Waals surface area contributed by atoms with E-state index in [9.17, 15) is 19.5 Å². The van der Waals surface area contributed by atoms with Crippen molar-refractivity contribution in [1.82, 2.24) is 20.4 Å². The molecule has 3 amide bonds. The van der Waals surface area contributed by atoms with Crippen LogP contribution in [0.4, 0.5) is 0 Å². The maximum absolute atomic E-state index is 14.1. The summed E-state index contributed by atoms with van der Waals surface area (Å²) in [4.78, 5) is 45.1. The summed E-state index contributed by atoms with van der Waals surface area (Å²) in [6.45, 7) is 12.7. The van der Waals surface area contributed by atoms with Crippen LogP contribution in [0.5, 0.6) is 0 Å². The fourth-order valence-corrected chi connectivity index (χ4v) is 9.00. The molecule has 4 fully saturated rings. The largest absolute Gasteiger partial charge is 0.394 e. The number of hydrogen-bond acceptors (Lipinski definition) is 7. The minimum Gasteiger partial charge on any atom is -0.394 e. The summed E-state index contributed by atoms with van der Waals surface area (Å²) < 4.78 is 4.39. The van der Waals surface area contributed by atoms with E-state index in [2.05, 4.69) is 22.5 Å². The molecule has 3 N–H and O–H groups in total. The Morgan fingerprint density at radius 2 is 1.86 bits per heavy atom. The quantitative estimate of drug-likeness (QED) is 0.392. The number of rotatable bonds is 10. The Kier molecular flexibility index (Phi) is 8.05. The lowest BCUT2D eigenvalue weighted by molar-refractivity contribution is -0.144. The van der Waals surface area contributed by atoms with Gasteiger partial charge in [0.2, 0.25) is 17.7 Å². The molecule has 0 radical (unpaired) electrons. The van der Waals surface area contributed by atoms with Gasteiger partial charge in [-0.3, -0.25) is 19.3 Å². The van der Waals surface area contributed by atoms with Crippen LogP contribution in [0.25, 0.3) is 0 Å². The summed E-state index contributed by atoms with van der Waals surface area (Å²) in [5.41, 5.74) is 0. The molecule has 10 heteroatoms. The van der Waals surface area contributed by atoms with Crippen molar-refractivity contribution in [3.8, 4) is 0 Å². The molecule has 0 aromatic heterocycles. The number of nitrogens with zero attached hydrogens (tertiary/aromatic N) is 2. The molecule has 1 spiro atoms. The Labute approximate surface area is 213 Å². The number of aliphatic hydroxyl groups is 1. The first-order valence-electron chi connectivity index (χ1n) is 13.2. The van der Waals surface area contributed by atoms with Gasteiger partial charge < -0.3 is 25.4 Å². The lowest BCUT2D eigenvalue weighted by Crippen LogP contribution is -2.58. The van der Waals surface area contributed by atoms with E-state index in [-0.39, 0.29) is 35.0 Å². The lowest BCUT2D eigenvalue weighted by Gasteiger charge is -2.38. The van der Waals surface area contributed by atoms with Crippen molar-refractivity contribution < 1.29 is 24.2 Å². The number of hydrogen-bond donors (Lipinski definition) is 3. The molecule has 6 atom stereocenters. The van der Waals surface area contributed by atoms with E-state index in [1.54, 1.807) is 16.7 Å². The van der Waals surface area contributed by atoms with Crippen LogP contribution in [0.1, 0.15) is 47.0 Å². The van der Waals surface area contributed by atoms with Crippen molar-refractivity contribution in [2.45, 2.75) is 68.5 Å². The van der Waals surface area contributed by atoms with Crippen molar-refractivity contribution in [3.05, 3.63) is 0 Å². The topological polar surface area (TPSA) is 111 Å². The summed E-state index contributed by atoms with van der Waals surface area (Å²) in [5, 5.41) is 16.4. The molecule has 2 bridgehead atoms. The minimum absolute atomic E-state index is 0.0204. The van der Waals surface area contributed by atoms with Crippen LogP contribution in [0, 0.1) is 17.8 Å². The fraction of sp³-hybridized carbons (Fsp3) is 0.880. The zero-order chi connectivity index (χ0) is 25.4. The van der Waals surface area contributed by atoms with Crippen LogP contribution in [-0.2, 0) is 19.1 Å². The number of thioether (sulfide) groups is 1. The smallest absolute Gasteiger partial charge is 0.244 e. The second-order valence-corrected chi connectivity index (χ2v) is 12.9. The predicted molar refractivity (Wildman–Crippen MR) is 135 cm³/mol. The van der Waals surface area contributed by atoms with Crippen molar-refractivity contribution in [1.29, 1.82) is 0 Å². The fourth-order valence-electron chi connectivity index (χ4n) is 6.66. The van der Waals surface area contributed by atoms with Gasteiger partial charge in [0.1, 0.15) is 6.04 Å². The second-order valence-electron chi connectivity index (χ2n) is 11.0. The highest BCUT2D eigenvalue weighted by Crippen LogP contribution is 2.71. The third-order valence-corrected chi connectivity index (χ3v) is 10.4. The van der Waals surface area contributed by atoms with Gasteiger partial charge in [-0.2, -0.15) is 0 Å². The number of amides is 3. The number of ether oxygens (including phenoxy) is 1. The molecule has 4 aliphatic heterocycles. The number of morpholine rings is 1. The SMILES string of the molecule is CCCNC(=O)[C@@H]1[C@H]2C(=O)N([C@@H](CO)C(C)C)C(C(=O)NCCN3CCOCC3)C23CC[C@@]1(C)S3. The van der Waals surface area contributed by atoms with Crippen LogP contribution in [-0.4, -0.2) is 107 Å². The molecule has 0 aliphatic carbocycles. The van der Waals surface area contributed by atoms with Gasteiger partial charge in [0, 0.05) is 37.5 Å². The zero-order valence-electron chi connectivity index (χ0n) is 21.5.